The van der Waals surface area contributed by atoms with E-state index in [0.717, 1.165) is 42.0 Å². The highest BCUT2D eigenvalue weighted by Crippen LogP contribution is 2.31. The third-order valence-electron chi connectivity index (χ3n) is 4.87. The van der Waals surface area contributed by atoms with Crippen LogP contribution in [0.4, 0.5) is 23.5 Å². The molecule has 4 rings (SSSR count). The summed E-state index contributed by atoms with van der Waals surface area (Å²) in [6, 6.07) is 13.5. The average Bonchev–Trinajstić information content (AvgIpc) is 3.24. The summed E-state index contributed by atoms with van der Waals surface area (Å²) in [7, 11) is 0. The largest absolute Gasteiger partial charge is 0.354 e. The smallest absolute Gasteiger partial charge is 0.233 e. The molecular weight excluding hydrogens is 447 g/mol. The van der Waals surface area contributed by atoms with Crippen molar-refractivity contribution >= 4 is 52.4 Å². The van der Waals surface area contributed by atoms with Gasteiger partial charge in [0.2, 0.25) is 17.8 Å². The first-order valence-corrected chi connectivity index (χ1v) is 11.2. The lowest BCUT2D eigenvalue weighted by Crippen LogP contribution is -2.11. The van der Waals surface area contributed by atoms with Gasteiger partial charge in [0.15, 0.2) is 0 Å². The molecule has 0 spiro atoms. The molecule has 0 saturated heterocycles. The normalized spacial score (nSPS) is 15.1. The molecule has 1 aromatic heterocycles. The lowest BCUT2D eigenvalue weighted by Gasteiger charge is -2.12. The van der Waals surface area contributed by atoms with E-state index in [9.17, 15) is 0 Å². The summed E-state index contributed by atoms with van der Waals surface area (Å²) in [5.41, 5.74) is 7.03. The zero-order chi connectivity index (χ0) is 22.5. The summed E-state index contributed by atoms with van der Waals surface area (Å²) >= 11 is 12.4. The van der Waals surface area contributed by atoms with Gasteiger partial charge in [-0.1, -0.05) is 41.4 Å². The van der Waals surface area contributed by atoms with Gasteiger partial charge in [-0.3, -0.25) is 0 Å². The summed E-state index contributed by atoms with van der Waals surface area (Å²) in [6.07, 6.45) is 0.736. The summed E-state index contributed by atoms with van der Waals surface area (Å²) in [5.74, 6) is 1.52. The van der Waals surface area contributed by atoms with Crippen molar-refractivity contribution in [3.05, 3.63) is 63.6 Å². The van der Waals surface area contributed by atoms with E-state index >= 15 is 0 Å². The number of benzene rings is 2. The predicted molar refractivity (Wildman–Crippen MR) is 131 cm³/mol. The van der Waals surface area contributed by atoms with Gasteiger partial charge in [-0.2, -0.15) is 20.1 Å². The van der Waals surface area contributed by atoms with Crippen molar-refractivity contribution in [3.8, 4) is 0 Å². The first kappa shape index (κ1) is 22.1. The van der Waals surface area contributed by atoms with Crippen LogP contribution in [-0.4, -0.2) is 33.8 Å². The van der Waals surface area contributed by atoms with E-state index in [1.807, 2.05) is 50.2 Å². The van der Waals surface area contributed by atoms with Crippen LogP contribution in [-0.2, 0) is 0 Å². The second kappa shape index (κ2) is 10.0. The summed E-state index contributed by atoms with van der Waals surface area (Å²) < 4.78 is 0. The van der Waals surface area contributed by atoms with Crippen LogP contribution in [0.15, 0.2) is 47.6 Å². The molecule has 3 aromatic rings. The summed E-state index contributed by atoms with van der Waals surface area (Å²) in [6.45, 7) is 5.44. The maximum atomic E-state index is 6.35. The zero-order valence-electron chi connectivity index (χ0n) is 17.8. The lowest BCUT2D eigenvalue weighted by molar-refractivity contribution is 0.620. The molecule has 166 valence electrons. The van der Waals surface area contributed by atoms with Gasteiger partial charge in [-0.05, 0) is 49.2 Å². The van der Waals surface area contributed by atoms with E-state index < -0.39 is 0 Å². The van der Waals surface area contributed by atoms with Crippen LogP contribution in [0.1, 0.15) is 37.4 Å². The van der Waals surface area contributed by atoms with Gasteiger partial charge < -0.3 is 21.4 Å². The maximum Gasteiger partial charge on any atom is 0.233 e. The quantitative estimate of drug-likeness (QED) is 0.357. The Morgan fingerprint density at radius 3 is 2.19 bits per heavy atom. The van der Waals surface area contributed by atoms with E-state index in [1.54, 1.807) is 6.07 Å². The van der Waals surface area contributed by atoms with Crippen molar-refractivity contribution in [1.82, 2.24) is 20.4 Å². The van der Waals surface area contributed by atoms with Gasteiger partial charge in [0.25, 0.3) is 0 Å². The van der Waals surface area contributed by atoms with E-state index in [2.05, 4.69) is 41.4 Å². The molecule has 0 saturated carbocycles. The van der Waals surface area contributed by atoms with E-state index in [1.165, 1.54) is 0 Å². The number of nitrogens with zero attached hydrogens (tertiary/aromatic N) is 4. The van der Waals surface area contributed by atoms with Crippen LogP contribution in [0.25, 0.3) is 0 Å². The Hall–Kier alpha value is -3.10. The first-order valence-electron chi connectivity index (χ1n) is 10.4. The molecule has 10 heteroatoms. The molecule has 4 N–H and O–H groups in total. The van der Waals surface area contributed by atoms with Crippen molar-refractivity contribution in [3.63, 3.8) is 0 Å². The first-order chi connectivity index (χ1) is 15.6. The molecule has 2 aromatic carbocycles. The molecule has 1 aliphatic heterocycles. The van der Waals surface area contributed by atoms with Gasteiger partial charge in [0, 0.05) is 35.2 Å². The fourth-order valence-electron chi connectivity index (χ4n) is 3.37. The highest BCUT2D eigenvalue weighted by Gasteiger charge is 2.23. The van der Waals surface area contributed by atoms with Crippen molar-refractivity contribution in [2.24, 2.45) is 5.10 Å². The predicted octanol–water partition coefficient (Wildman–Crippen LogP) is 5.22. The Morgan fingerprint density at radius 1 is 0.906 bits per heavy atom. The molecule has 1 aliphatic rings. The van der Waals surface area contributed by atoms with Gasteiger partial charge >= 0.3 is 0 Å². The Labute approximate surface area is 196 Å². The van der Waals surface area contributed by atoms with Crippen LogP contribution in [0, 0.1) is 0 Å². The third-order valence-corrected chi connectivity index (χ3v) is 5.43. The standard InChI is InChI=1S/C22H24Cl2N8/c1-3-25-20-28-21(26-4-2)30-22(29-20)27-15-8-5-13(6-9-15)18-12-19(32-31-18)16-10-7-14(23)11-17(16)24/h5-11,19,32H,3-4,12H2,1-2H3,(H3,25,26,27,28,29,30). The number of aromatic nitrogens is 3. The van der Waals surface area contributed by atoms with E-state index in [4.69, 9.17) is 23.2 Å². The Morgan fingerprint density at radius 2 is 1.56 bits per heavy atom. The van der Waals surface area contributed by atoms with Gasteiger partial charge in [0.05, 0.1) is 11.8 Å². The molecule has 32 heavy (non-hydrogen) atoms. The molecule has 1 unspecified atom stereocenters. The molecule has 2 heterocycles. The molecule has 1 atom stereocenters. The maximum absolute atomic E-state index is 6.35. The minimum Gasteiger partial charge on any atom is -0.354 e. The second-order valence-corrected chi connectivity index (χ2v) is 8.02. The highest BCUT2D eigenvalue weighted by atomic mass is 35.5. The number of hydrazone groups is 1. The van der Waals surface area contributed by atoms with E-state index in [-0.39, 0.29) is 6.04 Å². The molecule has 0 aliphatic carbocycles. The lowest BCUT2D eigenvalue weighted by atomic mass is 9.99. The van der Waals surface area contributed by atoms with Crippen LogP contribution in [0.3, 0.4) is 0 Å². The Balaban J connectivity index is 1.45. The van der Waals surface area contributed by atoms with Crippen molar-refractivity contribution < 1.29 is 0 Å². The van der Waals surface area contributed by atoms with Crippen molar-refractivity contribution in [2.45, 2.75) is 26.3 Å². The minimum atomic E-state index is 0.0201. The number of hydrogen-bond donors (Lipinski definition) is 4. The number of rotatable bonds is 8. The molecule has 0 bridgehead atoms. The van der Waals surface area contributed by atoms with Crippen molar-refractivity contribution in [1.29, 1.82) is 0 Å². The fraction of sp³-hybridized carbons (Fsp3) is 0.273. The summed E-state index contributed by atoms with van der Waals surface area (Å²) in [5, 5.41) is 15.2. The Kier molecular flexibility index (Phi) is 6.92. The number of nitrogens with one attached hydrogen (secondary N) is 4. The monoisotopic (exact) mass is 470 g/mol. The molecule has 8 nitrogen and oxygen atoms in total. The molecular formula is C22H24Cl2N8. The average molecular weight is 471 g/mol. The fourth-order valence-corrected chi connectivity index (χ4v) is 3.91. The van der Waals surface area contributed by atoms with Crippen LogP contribution in [0.5, 0.6) is 0 Å². The van der Waals surface area contributed by atoms with Crippen LogP contribution >= 0.6 is 23.2 Å². The van der Waals surface area contributed by atoms with Gasteiger partial charge in [-0.25, -0.2) is 0 Å². The van der Waals surface area contributed by atoms with Gasteiger partial charge in [-0.15, -0.1) is 0 Å². The van der Waals surface area contributed by atoms with E-state index in [0.29, 0.717) is 27.9 Å². The molecule has 0 radical (unpaired) electrons. The second-order valence-electron chi connectivity index (χ2n) is 7.18. The number of hydrogen-bond acceptors (Lipinski definition) is 8. The van der Waals surface area contributed by atoms with Crippen LogP contribution in [0.2, 0.25) is 10.0 Å². The SMILES string of the molecule is CCNc1nc(NCC)nc(Nc2ccc(C3=NNC(c4ccc(Cl)cc4Cl)C3)cc2)n1. The third kappa shape index (κ3) is 5.20. The topological polar surface area (TPSA) is 99.2 Å². The van der Waals surface area contributed by atoms with Gasteiger partial charge in [0.1, 0.15) is 0 Å². The highest BCUT2D eigenvalue weighted by molar-refractivity contribution is 6.35. The zero-order valence-corrected chi connectivity index (χ0v) is 19.3. The summed E-state index contributed by atoms with van der Waals surface area (Å²) in [4.78, 5) is 13.2. The Bertz CT molecular complexity index is 1090. The number of anilines is 4. The minimum absolute atomic E-state index is 0.0201. The number of halogens is 2. The molecule has 0 fully saturated rings. The van der Waals surface area contributed by atoms with Crippen LogP contribution < -0.4 is 21.4 Å². The van der Waals surface area contributed by atoms with Crippen molar-refractivity contribution in [2.75, 3.05) is 29.0 Å². The molecule has 0 amide bonds.